The van der Waals surface area contributed by atoms with Gasteiger partial charge in [-0.2, -0.15) is 0 Å². The molecular formula is C10H12ClNO2. The van der Waals surface area contributed by atoms with Crippen LogP contribution in [0.2, 0.25) is 0 Å². The summed E-state index contributed by atoms with van der Waals surface area (Å²) in [6.45, 7) is 2.33. The molecule has 76 valence electrons. The zero-order valence-corrected chi connectivity index (χ0v) is 8.65. The molecule has 0 saturated heterocycles. The number of ether oxygens (including phenoxy) is 2. The molecule has 2 radical (unpaired) electrons. The van der Waals surface area contributed by atoms with Crippen LogP contribution in [0.3, 0.4) is 0 Å². The first-order chi connectivity index (χ1) is 6.36. The maximum absolute atomic E-state index is 8.74. The molecule has 1 aromatic carbocycles. The molecule has 1 unspecified atom stereocenters. The highest BCUT2D eigenvalue weighted by atomic mass is 35.5. The van der Waals surface area contributed by atoms with Gasteiger partial charge in [-0.3, -0.25) is 0 Å². The third kappa shape index (κ3) is 4.25. The number of hydrogen-bond donors (Lipinski definition) is 0. The molecule has 4 heteroatoms. The van der Waals surface area contributed by atoms with Crippen molar-refractivity contribution in [2.75, 3.05) is 6.61 Å². The summed E-state index contributed by atoms with van der Waals surface area (Å²) in [5, 5.41) is 8.74. The second kappa shape index (κ2) is 7.35. The third-order valence-corrected chi connectivity index (χ3v) is 1.45. The van der Waals surface area contributed by atoms with E-state index in [-0.39, 0.29) is 12.4 Å². The van der Waals surface area contributed by atoms with Crippen molar-refractivity contribution in [1.29, 1.82) is 0 Å². The fraction of sp³-hybridized carbons (Fsp3) is 0.300. The Kier molecular flexibility index (Phi) is 6.80. The Morgan fingerprint density at radius 2 is 2.00 bits per heavy atom. The fourth-order valence-electron chi connectivity index (χ4n) is 0.905. The van der Waals surface area contributed by atoms with Crippen molar-refractivity contribution in [2.45, 2.75) is 13.2 Å². The summed E-state index contributed by atoms with van der Waals surface area (Å²) in [6.07, 6.45) is 0.198. The second-order valence-electron chi connectivity index (χ2n) is 2.40. The Labute approximate surface area is 90.0 Å². The molecule has 0 aromatic heterocycles. The van der Waals surface area contributed by atoms with Gasteiger partial charge in [0.25, 0.3) is 6.29 Å². The lowest BCUT2D eigenvalue weighted by molar-refractivity contribution is -0.0222. The van der Waals surface area contributed by atoms with Gasteiger partial charge < -0.3 is 21.9 Å². The monoisotopic (exact) mass is 213 g/mol. The Balaban J connectivity index is 0.00000169. The van der Waals surface area contributed by atoms with Gasteiger partial charge in [-0.25, -0.2) is 0 Å². The lowest BCUT2D eigenvalue weighted by Crippen LogP contribution is -3.00. The minimum Gasteiger partial charge on any atom is -1.00 e. The molecule has 14 heavy (non-hydrogen) atoms. The van der Waals surface area contributed by atoms with Crippen LogP contribution in [-0.2, 0) is 4.74 Å². The van der Waals surface area contributed by atoms with Crippen LogP contribution in [0.25, 0.3) is 0 Å². The van der Waals surface area contributed by atoms with Crippen LogP contribution in [0.1, 0.15) is 6.92 Å². The fourth-order valence-corrected chi connectivity index (χ4v) is 0.905. The van der Waals surface area contributed by atoms with Crippen LogP contribution >= 0.6 is 0 Å². The summed E-state index contributed by atoms with van der Waals surface area (Å²) < 4.78 is 10.3. The smallest absolute Gasteiger partial charge is 0.421 e. The molecule has 0 aliphatic carbocycles. The van der Waals surface area contributed by atoms with E-state index < -0.39 is 6.29 Å². The van der Waals surface area contributed by atoms with Crippen molar-refractivity contribution in [3.8, 4) is 5.75 Å². The van der Waals surface area contributed by atoms with E-state index in [2.05, 4.69) is 0 Å². The number of hydrogen-bond acceptors (Lipinski definition) is 2. The first kappa shape index (κ1) is 12.9. The summed E-state index contributed by atoms with van der Waals surface area (Å²) >= 11 is 0. The molecule has 0 bridgehead atoms. The molecule has 0 spiro atoms. The Morgan fingerprint density at radius 3 is 2.50 bits per heavy atom. The van der Waals surface area contributed by atoms with Crippen LogP contribution in [-0.4, -0.2) is 19.1 Å². The summed E-state index contributed by atoms with van der Waals surface area (Å²) in [4.78, 5) is 0. The minimum absolute atomic E-state index is 0. The average Bonchev–Trinajstić information content (AvgIpc) is 2.19. The molecule has 0 saturated carbocycles. The van der Waals surface area contributed by atoms with E-state index in [1.165, 1.54) is 0 Å². The van der Waals surface area contributed by atoms with E-state index in [9.17, 15) is 0 Å². The summed E-state index contributed by atoms with van der Waals surface area (Å²) in [7, 11) is 0. The molecule has 3 nitrogen and oxygen atoms in total. The van der Waals surface area contributed by atoms with E-state index in [1.54, 1.807) is 12.1 Å². The number of rotatable bonds is 5. The SMILES string of the molecule is CCOC(C=[N+])Oc1ccccc1.[Cl-]. The van der Waals surface area contributed by atoms with Crippen LogP contribution in [0.15, 0.2) is 30.3 Å². The normalized spacial score (nSPS) is 11.2. The zero-order chi connectivity index (χ0) is 9.52. The average molecular weight is 214 g/mol. The topological polar surface area (TPSA) is 40.8 Å². The molecule has 0 aliphatic heterocycles. The molecular weight excluding hydrogens is 202 g/mol. The molecule has 0 amide bonds. The Morgan fingerprint density at radius 1 is 1.36 bits per heavy atom. The molecule has 0 N–H and O–H groups in total. The number of nitrogens with zero attached hydrogens (tertiary/aromatic N) is 1. The second-order valence-corrected chi connectivity index (χ2v) is 2.40. The first-order valence-electron chi connectivity index (χ1n) is 4.17. The van der Waals surface area contributed by atoms with E-state index in [1.807, 2.05) is 25.1 Å². The van der Waals surface area contributed by atoms with E-state index in [0.717, 1.165) is 6.21 Å². The van der Waals surface area contributed by atoms with Gasteiger partial charge in [0, 0.05) is 6.61 Å². The third-order valence-electron chi connectivity index (χ3n) is 1.45. The molecule has 0 fully saturated rings. The minimum atomic E-state index is -0.688. The molecule has 0 aliphatic rings. The van der Waals surface area contributed by atoms with Crippen molar-refractivity contribution >= 4 is 6.21 Å². The maximum atomic E-state index is 8.74. The largest absolute Gasteiger partial charge is 1.00 e. The van der Waals surface area contributed by atoms with Crippen molar-refractivity contribution in [3.63, 3.8) is 0 Å². The molecule has 1 rings (SSSR count). The van der Waals surface area contributed by atoms with Crippen LogP contribution in [0.4, 0.5) is 0 Å². The number of benzene rings is 1. The van der Waals surface area contributed by atoms with Gasteiger partial charge in [0.15, 0.2) is 0 Å². The van der Waals surface area contributed by atoms with Crippen molar-refractivity contribution in [3.05, 3.63) is 30.3 Å². The van der Waals surface area contributed by atoms with Gasteiger partial charge in [-0.05, 0) is 19.1 Å². The number of para-hydroxylation sites is 1. The lowest BCUT2D eigenvalue weighted by atomic mass is 10.3. The van der Waals surface area contributed by atoms with E-state index in [4.69, 9.17) is 14.9 Å². The number of halogens is 1. The lowest BCUT2D eigenvalue weighted by Gasteiger charge is -2.10. The first-order valence-corrected chi connectivity index (χ1v) is 4.17. The quantitative estimate of drug-likeness (QED) is 0.432. The van der Waals surface area contributed by atoms with Gasteiger partial charge in [0.1, 0.15) is 5.75 Å². The summed E-state index contributed by atoms with van der Waals surface area (Å²) in [6, 6.07) is 9.21. The Hall–Kier alpha value is -1.06. The summed E-state index contributed by atoms with van der Waals surface area (Å²) in [5.74, 6) is 0.672. The van der Waals surface area contributed by atoms with Crippen LogP contribution in [0, 0.1) is 0 Å². The van der Waals surface area contributed by atoms with Crippen molar-refractivity contribution < 1.29 is 21.9 Å². The summed E-state index contributed by atoms with van der Waals surface area (Å²) in [5.41, 5.74) is 0. The van der Waals surface area contributed by atoms with Gasteiger partial charge in [0.05, 0.1) is 0 Å². The zero-order valence-electron chi connectivity index (χ0n) is 7.89. The van der Waals surface area contributed by atoms with E-state index >= 15 is 0 Å². The van der Waals surface area contributed by atoms with Crippen LogP contribution < -0.4 is 22.6 Å². The highest BCUT2D eigenvalue weighted by molar-refractivity contribution is 5.59. The van der Waals surface area contributed by atoms with Crippen molar-refractivity contribution in [1.82, 2.24) is 5.41 Å². The van der Waals surface area contributed by atoms with Gasteiger partial charge in [-0.1, -0.05) is 18.2 Å². The predicted molar refractivity (Wildman–Crippen MR) is 50.7 cm³/mol. The predicted octanol–water partition coefficient (Wildman–Crippen LogP) is -1.70. The molecule has 0 heterocycles. The van der Waals surface area contributed by atoms with Crippen LogP contribution in [0.5, 0.6) is 5.75 Å². The van der Waals surface area contributed by atoms with Gasteiger partial charge in [-0.15, -0.1) is 0 Å². The van der Waals surface area contributed by atoms with E-state index in [0.29, 0.717) is 12.4 Å². The highest BCUT2D eigenvalue weighted by Gasteiger charge is 2.12. The molecule has 1 aromatic rings. The maximum Gasteiger partial charge on any atom is 0.421 e. The van der Waals surface area contributed by atoms with Crippen molar-refractivity contribution in [2.24, 2.45) is 0 Å². The highest BCUT2D eigenvalue weighted by Crippen LogP contribution is 2.10. The van der Waals surface area contributed by atoms with Gasteiger partial charge in [0.2, 0.25) is 0 Å². The standard InChI is InChI=1S/C10H12NO2.ClH/c1-2-12-10(8-11)13-9-6-4-3-5-7-9;/h3-8,10H,2H2,1H3;1H/q+1;/p-1. The Bertz CT molecular complexity index is 254. The molecule has 1 atom stereocenters. The van der Waals surface area contributed by atoms with Gasteiger partial charge >= 0.3 is 11.6 Å².